The van der Waals surface area contributed by atoms with E-state index in [9.17, 15) is 18.5 Å². The Labute approximate surface area is 153 Å². The number of hydrogen-bond acceptors (Lipinski definition) is 5. The molecule has 3 rings (SSSR count). The summed E-state index contributed by atoms with van der Waals surface area (Å²) in [5.74, 6) is 2.45. The van der Waals surface area contributed by atoms with Crippen LogP contribution in [0, 0.1) is 29.4 Å². The third-order valence-corrected chi connectivity index (χ3v) is 6.08. The quantitative estimate of drug-likeness (QED) is 0.391. The van der Waals surface area contributed by atoms with Gasteiger partial charge in [0.2, 0.25) is 4.80 Å². The van der Waals surface area contributed by atoms with Gasteiger partial charge in [-0.05, 0) is 25.1 Å². The van der Waals surface area contributed by atoms with Crippen LogP contribution in [0.1, 0.15) is 5.56 Å². The number of nitro groups is 1. The Morgan fingerprint density at radius 3 is 2.58 bits per heavy atom. The van der Waals surface area contributed by atoms with Gasteiger partial charge in [-0.15, -0.1) is 10.8 Å². The number of sulfonamides is 1. The number of terminal acetylenes is 1. The van der Waals surface area contributed by atoms with Crippen molar-refractivity contribution >= 4 is 37.3 Å². The maximum absolute atomic E-state index is 12.6. The topological polar surface area (TPSA) is 94.6 Å². The molecule has 0 amide bonds. The van der Waals surface area contributed by atoms with Crippen molar-refractivity contribution in [1.29, 1.82) is 0 Å². The summed E-state index contributed by atoms with van der Waals surface area (Å²) < 4.78 is 31.2. The highest BCUT2D eigenvalue weighted by molar-refractivity contribution is 7.90. The Morgan fingerprint density at radius 2 is 1.96 bits per heavy atom. The Kier molecular flexibility index (Phi) is 4.63. The van der Waals surface area contributed by atoms with Gasteiger partial charge < -0.3 is 4.57 Å². The third-order valence-electron chi connectivity index (χ3n) is 3.64. The van der Waals surface area contributed by atoms with Gasteiger partial charge in [0.25, 0.3) is 15.7 Å². The molecule has 26 heavy (non-hydrogen) atoms. The van der Waals surface area contributed by atoms with E-state index in [1.165, 1.54) is 24.3 Å². The molecule has 9 heteroatoms. The molecular weight excluding hydrogens is 374 g/mol. The number of benzene rings is 2. The molecule has 0 saturated heterocycles. The number of nitrogens with zero attached hydrogens (tertiary/aromatic N) is 3. The Bertz CT molecular complexity index is 1210. The second-order valence-corrected chi connectivity index (χ2v) is 8.08. The minimum atomic E-state index is -3.93. The van der Waals surface area contributed by atoms with Crippen molar-refractivity contribution in [3.63, 3.8) is 0 Å². The van der Waals surface area contributed by atoms with Gasteiger partial charge in [0, 0.05) is 12.1 Å². The highest BCUT2D eigenvalue weighted by Gasteiger charge is 2.16. The van der Waals surface area contributed by atoms with Crippen LogP contribution in [0.4, 0.5) is 5.69 Å². The number of nitro benzene ring substituents is 1. The van der Waals surface area contributed by atoms with Crippen LogP contribution in [-0.4, -0.2) is 17.9 Å². The number of thiazole rings is 1. The highest BCUT2D eigenvalue weighted by atomic mass is 32.2. The maximum atomic E-state index is 12.6. The molecule has 2 aromatic carbocycles. The molecule has 0 radical (unpaired) electrons. The first-order chi connectivity index (χ1) is 12.3. The summed E-state index contributed by atoms with van der Waals surface area (Å²) in [5, 5.41) is 11.0. The lowest BCUT2D eigenvalue weighted by Gasteiger charge is -2.01. The van der Waals surface area contributed by atoms with Gasteiger partial charge in [-0.3, -0.25) is 10.1 Å². The second kappa shape index (κ2) is 6.74. The van der Waals surface area contributed by atoms with Crippen LogP contribution in [0.5, 0.6) is 0 Å². The van der Waals surface area contributed by atoms with Crippen molar-refractivity contribution in [3.05, 3.63) is 62.9 Å². The molecule has 0 atom stereocenters. The molecule has 0 aliphatic carbocycles. The first-order valence-electron chi connectivity index (χ1n) is 7.41. The molecule has 0 unspecified atom stereocenters. The number of aromatic nitrogens is 1. The van der Waals surface area contributed by atoms with E-state index < -0.39 is 14.9 Å². The lowest BCUT2D eigenvalue weighted by Crippen LogP contribution is -2.16. The average Bonchev–Trinajstić information content (AvgIpc) is 2.91. The summed E-state index contributed by atoms with van der Waals surface area (Å²) >= 11 is 1.04. The van der Waals surface area contributed by atoms with Crippen LogP contribution >= 0.6 is 11.3 Å². The van der Waals surface area contributed by atoms with Gasteiger partial charge in [-0.25, -0.2) is 0 Å². The Hall–Kier alpha value is -2.96. The van der Waals surface area contributed by atoms with E-state index >= 15 is 0 Å². The lowest BCUT2D eigenvalue weighted by atomic mass is 10.2. The molecular formula is C17H13N3O4S2. The molecule has 0 aliphatic heterocycles. The zero-order valence-electron chi connectivity index (χ0n) is 13.6. The van der Waals surface area contributed by atoms with Crippen molar-refractivity contribution in [2.24, 2.45) is 4.40 Å². The fraction of sp³-hybridized carbons (Fsp3) is 0.118. The van der Waals surface area contributed by atoms with Crippen molar-refractivity contribution in [3.8, 4) is 12.3 Å². The van der Waals surface area contributed by atoms with Crippen molar-refractivity contribution in [2.75, 3.05) is 0 Å². The van der Waals surface area contributed by atoms with E-state index in [0.717, 1.165) is 16.9 Å². The lowest BCUT2D eigenvalue weighted by molar-refractivity contribution is -0.384. The van der Waals surface area contributed by atoms with Crippen molar-refractivity contribution in [2.45, 2.75) is 18.4 Å². The SMILES string of the molecule is C#CCn1c(=NS(=O)(=O)c2ccc(C)cc2)sc2cc([N+](=O)[O-])ccc21. The predicted molar refractivity (Wildman–Crippen MR) is 99.2 cm³/mol. The summed E-state index contributed by atoms with van der Waals surface area (Å²) in [7, 11) is -3.93. The van der Waals surface area contributed by atoms with Gasteiger partial charge in [0.05, 0.1) is 26.6 Å². The summed E-state index contributed by atoms with van der Waals surface area (Å²) in [4.78, 5) is 10.7. The van der Waals surface area contributed by atoms with Gasteiger partial charge in [0.1, 0.15) is 0 Å². The summed E-state index contributed by atoms with van der Waals surface area (Å²) in [6.45, 7) is 1.95. The smallest absolute Gasteiger partial charge is 0.285 e. The van der Waals surface area contributed by atoms with E-state index in [2.05, 4.69) is 10.3 Å². The monoisotopic (exact) mass is 387 g/mol. The number of aryl methyl sites for hydroxylation is 1. The summed E-state index contributed by atoms with van der Waals surface area (Å²) in [6.07, 6.45) is 5.38. The number of non-ortho nitro benzene ring substituents is 1. The minimum absolute atomic E-state index is 0.0683. The fourth-order valence-electron chi connectivity index (χ4n) is 2.36. The largest absolute Gasteiger partial charge is 0.304 e. The fourth-order valence-corrected chi connectivity index (χ4v) is 4.62. The number of fused-ring (bicyclic) bond motifs is 1. The molecule has 0 spiro atoms. The molecule has 0 fully saturated rings. The normalized spacial score (nSPS) is 12.2. The summed E-state index contributed by atoms with van der Waals surface area (Å²) in [6, 6.07) is 10.6. The molecule has 0 bridgehead atoms. The Balaban J connectivity index is 2.24. The van der Waals surface area contributed by atoms with Gasteiger partial charge in [-0.1, -0.05) is 35.0 Å². The van der Waals surface area contributed by atoms with Crippen LogP contribution in [0.3, 0.4) is 0 Å². The molecule has 0 N–H and O–H groups in total. The Morgan fingerprint density at radius 1 is 1.27 bits per heavy atom. The van der Waals surface area contributed by atoms with Gasteiger partial charge in [-0.2, -0.15) is 8.42 Å². The standard InChI is InChI=1S/C17H13N3O4S2/c1-3-10-19-15-9-6-13(20(21)22)11-16(15)25-17(19)18-26(23,24)14-7-4-12(2)5-8-14/h1,4-9,11H,10H2,2H3. The first kappa shape index (κ1) is 17.8. The average molecular weight is 387 g/mol. The van der Waals surface area contributed by atoms with Crippen LogP contribution < -0.4 is 4.80 Å². The van der Waals surface area contributed by atoms with Crippen LogP contribution in [0.25, 0.3) is 10.2 Å². The van der Waals surface area contributed by atoms with E-state index in [4.69, 9.17) is 6.42 Å². The molecule has 0 saturated carbocycles. The first-order valence-corrected chi connectivity index (χ1v) is 9.66. The maximum Gasteiger partial charge on any atom is 0.285 e. The van der Waals surface area contributed by atoms with E-state index in [1.807, 2.05) is 6.92 Å². The highest BCUT2D eigenvalue weighted by Crippen LogP contribution is 2.23. The van der Waals surface area contributed by atoms with E-state index in [1.54, 1.807) is 22.8 Å². The zero-order chi connectivity index (χ0) is 18.9. The van der Waals surface area contributed by atoms with Crippen LogP contribution in [0.2, 0.25) is 0 Å². The number of hydrogen-bond donors (Lipinski definition) is 0. The molecule has 0 aliphatic rings. The van der Waals surface area contributed by atoms with Crippen molar-refractivity contribution in [1.82, 2.24) is 4.57 Å². The molecule has 3 aromatic rings. The third kappa shape index (κ3) is 3.37. The minimum Gasteiger partial charge on any atom is -0.304 e. The van der Waals surface area contributed by atoms with Gasteiger partial charge >= 0.3 is 0 Å². The van der Waals surface area contributed by atoms with Gasteiger partial charge in [0.15, 0.2) is 0 Å². The van der Waals surface area contributed by atoms with E-state index in [-0.39, 0.29) is 21.9 Å². The molecule has 1 aromatic heterocycles. The van der Waals surface area contributed by atoms with Crippen LogP contribution in [0.15, 0.2) is 51.8 Å². The second-order valence-electron chi connectivity index (χ2n) is 5.46. The molecule has 1 heterocycles. The van der Waals surface area contributed by atoms with E-state index in [0.29, 0.717) is 10.2 Å². The molecule has 7 nitrogen and oxygen atoms in total. The predicted octanol–water partition coefficient (Wildman–Crippen LogP) is 2.84. The number of rotatable bonds is 4. The van der Waals surface area contributed by atoms with Crippen LogP contribution in [-0.2, 0) is 16.6 Å². The summed E-state index contributed by atoms with van der Waals surface area (Å²) in [5.41, 5.74) is 1.44. The van der Waals surface area contributed by atoms with Crippen molar-refractivity contribution < 1.29 is 13.3 Å². The molecule has 132 valence electrons. The zero-order valence-corrected chi connectivity index (χ0v) is 15.3.